The predicted molar refractivity (Wildman–Crippen MR) is 128 cm³/mol. The fraction of sp³-hybridized carbons (Fsp3) is 0.538. The van der Waals surface area contributed by atoms with E-state index in [-0.39, 0.29) is 17.7 Å². The number of likely N-dealkylation sites (N-methyl/N-ethyl adjacent to an activating group) is 1. The first-order chi connectivity index (χ1) is 16.6. The van der Waals surface area contributed by atoms with Gasteiger partial charge in [0.1, 0.15) is 12.4 Å². The van der Waals surface area contributed by atoms with Gasteiger partial charge in [0.05, 0.1) is 6.26 Å². The highest BCUT2D eigenvalue weighted by molar-refractivity contribution is 5.91. The quantitative estimate of drug-likeness (QED) is 0.608. The van der Waals surface area contributed by atoms with Crippen molar-refractivity contribution >= 4 is 11.8 Å². The average molecular weight is 470 g/mol. The monoisotopic (exact) mass is 469 g/mol. The minimum absolute atomic E-state index is 0.0366. The summed E-state index contributed by atoms with van der Waals surface area (Å²) in [5.74, 6) is 1.01. The van der Waals surface area contributed by atoms with E-state index in [0.29, 0.717) is 50.9 Å². The van der Waals surface area contributed by atoms with Crippen LogP contribution < -0.4 is 10.1 Å². The maximum absolute atomic E-state index is 12.7. The van der Waals surface area contributed by atoms with E-state index in [0.717, 1.165) is 43.9 Å². The lowest BCUT2D eigenvalue weighted by atomic mass is 9.95. The Kier molecular flexibility index (Phi) is 8.60. The summed E-state index contributed by atoms with van der Waals surface area (Å²) in [7, 11) is 2.14. The van der Waals surface area contributed by atoms with E-state index in [4.69, 9.17) is 13.9 Å². The molecule has 2 aliphatic rings. The molecule has 2 saturated heterocycles. The Bertz CT molecular complexity index is 918. The molecule has 1 N–H and O–H groups in total. The molecule has 2 fully saturated rings. The van der Waals surface area contributed by atoms with Crippen molar-refractivity contribution in [1.29, 1.82) is 0 Å². The molecule has 184 valence electrons. The van der Waals surface area contributed by atoms with E-state index in [2.05, 4.69) is 17.3 Å². The Morgan fingerprint density at radius 2 is 1.91 bits per heavy atom. The third-order valence-electron chi connectivity index (χ3n) is 6.78. The van der Waals surface area contributed by atoms with Gasteiger partial charge in [-0.2, -0.15) is 0 Å². The fourth-order valence-corrected chi connectivity index (χ4v) is 4.60. The number of piperidine rings is 1. The molecule has 1 aromatic heterocycles. The molecule has 8 nitrogen and oxygen atoms in total. The zero-order chi connectivity index (χ0) is 23.8. The van der Waals surface area contributed by atoms with E-state index in [1.54, 1.807) is 17.0 Å². The van der Waals surface area contributed by atoms with Crippen molar-refractivity contribution in [2.75, 3.05) is 46.5 Å². The molecule has 0 bridgehead atoms. The average Bonchev–Trinajstić information content (AvgIpc) is 3.43. The summed E-state index contributed by atoms with van der Waals surface area (Å²) in [6, 6.07) is 11.8. The van der Waals surface area contributed by atoms with E-state index in [1.807, 2.05) is 24.3 Å². The Morgan fingerprint density at radius 3 is 2.65 bits per heavy atom. The minimum Gasteiger partial charge on any atom is -0.492 e. The van der Waals surface area contributed by atoms with Crippen molar-refractivity contribution in [1.82, 2.24) is 15.1 Å². The number of likely N-dealkylation sites (tertiary alicyclic amines) is 1. The van der Waals surface area contributed by atoms with Crippen LogP contribution >= 0.6 is 0 Å². The standard InChI is InChI=1S/C26H35N3O5/c1-28(22-9-15-32-16-10-22)13-17-33-23-5-2-4-20(18-23)19-27-25(30)21-7-11-29(12-8-21)26(31)24-6-3-14-34-24/h2-6,14,18,21-22H,7-13,15-17,19H2,1H3,(H,27,30). The number of hydrogen-bond acceptors (Lipinski definition) is 6. The predicted octanol–water partition coefficient (Wildman–Crippen LogP) is 2.94. The maximum atomic E-state index is 12.7. The maximum Gasteiger partial charge on any atom is 0.289 e. The van der Waals surface area contributed by atoms with E-state index >= 15 is 0 Å². The number of amides is 2. The first-order valence-electron chi connectivity index (χ1n) is 12.2. The Labute approximate surface area is 201 Å². The summed E-state index contributed by atoms with van der Waals surface area (Å²) in [5, 5.41) is 3.05. The number of hydrogen-bond donors (Lipinski definition) is 1. The molecule has 4 rings (SSSR count). The van der Waals surface area contributed by atoms with Crippen LogP contribution in [0.2, 0.25) is 0 Å². The normalized spacial score (nSPS) is 17.6. The topological polar surface area (TPSA) is 84.3 Å². The molecule has 2 amide bonds. The van der Waals surface area contributed by atoms with E-state index in [1.165, 1.54) is 6.26 Å². The van der Waals surface area contributed by atoms with Crippen LogP contribution in [-0.4, -0.2) is 74.2 Å². The Balaban J connectivity index is 1.17. The number of ether oxygens (including phenoxy) is 2. The van der Waals surface area contributed by atoms with Gasteiger partial charge in [0.2, 0.25) is 5.91 Å². The van der Waals surface area contributed by atoms with Crippen molar-refractivity contribution in [2.45, 2.75) is 38.3 Å². The SMILES string of the molecule is CN(CCOc1cccc(CNC(=O)C2CCN(C(=O)c3ccco3)CC2)c1)C1CCOCC1. The van der Waals surface area contributed by atoms with Crippen molar-refractivity contribution in [2.24, 2.45) is 5.92 Å². The highest BCUT2D eigenvalue weighted by Gasteiger charge is 2.28. The summed E-state index contributed by atoms with van der Waals surface area (Å²) in [6.07, 6.45) is 4.96. The molecular formula is C26H35N3O5. The van der Waals surface area contributed by atoms with Crippen LogP contribution in [-0.2, 0) is 16.1 Å². The van der Waals surface area contributed by atoms with Gasteiger partial charge < -0.3 is 24.1 Å². The fourth-order valence-electron chi connectivity index (χ4n) is 4.60. The first kappa shape index (κ1) is 24.3. The highest BCUT2D eigenvalue weighted by atomic mass is 16.5. The van der Waals surface area contributed by atoms with Crippen LogP contribution in [0.25, 0.3) is 0 Å². The van der Waals surface area contributed by atoms with Gasteiger partial charge in [-0.3, -0.25) is 14.5 Å². The molecule has 1 aromatic carbocycles. The number of nitrogens with one attached hydrogen (secondary N) is 1. The largest absolute Gasteiger partial charge is 0.492 e. The molecule has 2 aliphatic heterocycles. The number of nitrogens with zero attached hydrogens (tertiary/aromatic N) is 2. The zero-order valence-electron chi connectivity index (χ0n) is 19.9. The van der Waals surface area contributed by atoms with Crippen LogP contribution in [0, 0.1) is 5.92 Å². The van der Waals surface area contributed by atoms with Gasteiger partial charge in [0.15, 0.2) is 5.76 Å². The molecule has 34 heavy (non-hydrogen) atoms. The van der Waals surface area contributed by atoms with Gasteiger partial charge in [-0.05, 0) is 62.6 Å². The second-order valence-electron chi connectivity index (χ2n) is 9.08. The van der Waals surface area contributed by atoms with Crippen molar-refractivity contribution in [3.05, 3.63) is 54.0 Å². The third kappa shape index (κ3) is 6.61. The number of carbonyl (C=O) groups is 2. The van der Waals surface area contributed by atoms with Gasteiger partial charge in [-0.15, -0.1) is 0 Å². The minimum atomic E-state index is -0.111. The third-order valence-corrected chi connectivity index (χ3v) is 6.78. The van der Waals surface area contributed by atoms with E-state index in [9.17, 15) is 9.59 Å². The van der Waals surface area contributed by atoms with Crippen LogP contribution in [0.4, 0.5) is 0 Å². The van der Waals surface area contributed by atoms with E-state index < -0.39 is 0 Å². The molecule has 0 radical (unpaired) electrons. The Hall–Kier alpha value is -2.84. The summed E-state index contributed by atoms with van der Waals surface area (Å²) < 4.78 is 16.6. The van der Waals surface area contributed by atoms with Gasteiger partial charge in [-0.1, -0.05) is 12.1 Å². The molecule has 3 heterocycles. The molecule has 0 saturated carbocycles. The van der Waals surface area contributed by atoms with Gasteiger partial charge in [0.25, 0.3) is 5.91 Å². The molecule has 2 aromatic rings. The molecule has 8 heteroatoms. The van der Waals surface area contributed by atoms with Crippen molar-refractivity contribution in [3.8, 4) is 5.75 Å². The summed E-state index contributed by atoms with van der Waals surface area (Å²) >= 11 is 0. The van der Waals surface area contributed by atoms with Crippen LogP contribution in [0.15, 0.2) is 47.1 Å². The molecule has 0 aliphatic carbocycles. The van der Waals surface area contributed by atoms with Crippen molar-refractivity contribution in [3.63, 3.8) is 0 Å². The number of rotatable bonds is 9. The number of benzene rings is 1. The molecule has 0 atom stereocenters. The van der Waals surface area contributed by atoms with Gasteiger partial charge in [-0.25, -0.2) is 0 Å². The van der Waals surface area contributed by atoms with Crippen molar-refractivity contribution < 1.29 is 23.5 Å². The van der Waals surface area contributed by atoms with Gasteiger partial charge in [0, 0.05) is 51.4 Å². The lowest BCUT2D eigenvalue weighted by Crippen LogP contribution is -2.42. The summed E-state index contributed by atoms with van der Waals surface area (Å²) in [4.78, 5) is 29.2. The smallest absolute Gasteiger partial charge is 0.289 e. The van der Waals surface area contributed by atoms with Crippen LogP contribution in [0.5, 0.6) is 5.75 Å². The number of carbonyl (C=O) groups excluding carboxylic acids is 2. The van der Waals surface area contributed by atoms with Crippen LogP contribution in [0.1, 0.15) is 41.8 Å². The molecule has 0 unspecified atom stereocenters. The second kappa shape index (κ2) is 12.0. The van der Waals surface area contributed by atoms with Gasteiger partial charge >= 0.3 is 0 Å². The summed E-state index contributed by atoms with van der Waals surface area (Å²) in [6.45, 7) is 4.75. The lowest BCUT2D eigenvalue weighted by Gasteiger charge is -2.31. The Morgan fingerprint density at radius 1 is 1.12 bits per heavy atom. The van der Waals surface area contributed by atoms with Crippen LogP contribution in [0.3, 0.4) is 0 Å². The second-order valence-corrected chi connectivity index (χ2v) is 9.08. The highest BCUT2D eigenvalue weighted by Crippen LogP contribution is 2.20. The molecular weight excluding hydrogens is 434 g/mol. The lowest BCUT2D eigenvalue weighted by molar-refractivity contribution is -0.126. The summed E-state index contributed by atoms with van der Waals surface area (Å²) in [5.41, 5.74) is 1.01. The number of furan rings is 1. The zero-order valence-corrected chi connectivity index (χ0v) is 19.9. The first-order valence-corrected chi connectivity index (χ1v) is 12.2. The molecule has 0 spiro atoms.